The number of ether oxygens (including phenoxy) is 2. The molecule has 0 aliphatic rings. The van der Waals surface area contributed by atoms with E-state index >= 15 is 0 Å². The van der Waals surface area contributed by atoms with E-state index in [9.17, 15) is 5.11 Å². The van der Waals surface area contributed by atoms with Gasteiger partial charge in [0, 0.05) is 18.5 Å². The van der Waals surface area contributed by atoms with Crippen LogP contribution in [0.4, 0.5) is 0 Å². The summed E-state index contributed by atoms with van der Waals surface area (Å²) in [5.74, 6) is 1.11. The molecule has 0 radical (unpaired) electrons. The van der Waals surface area contributed by atoms with Crippen LogP contribution < -0.4 is 15.2 Å². The van der Waals surface area contributed by atoms with Crippen LogP contribution in [0.2, 0.25) is 0 Å². The Hall–Kier alpha value is -2.04. The molecule has 0 fully saturated rings. The van der Waals surface area contributed by atoms with Gasteiger partial charge in [-0.05, 0) is 23.3 Å². The van der Waals surface area contributed by atoms with Crippen LogP contribution in [0.25, 0.3) is 0 Å². The molecule has 112 valence electrons. The van der Waals surface area contributed by atoms with Crippen molar-refractivity contribution in [2.45, 2.75) is 12.0 Å². The second kappa shape index (κ2) is 7.11. The smallest absolute Gasteiger partial charge is 0.122 e. The first-order valence-electron chi connectivity index (χ1n) is 6.85. The van der Waals surface area contributed by atoms with E-state index in [0.29, 0.717) is 18.0 Å². The zero-order valence-electron chi connectivity index (χ0n) is 12.3. The van der Waals surface area contributed by atoms with E-state index in [4.69, 9.17) is 15.2 Å². The van der Waals surface area contributed by atoms with Gasteiger partial charge < -0.3 is 20.3 Å². The highest BCUT2D eigenvalue weighted by Gasteiger charge is 2.22. The fourth-order valence-corrected chi connectivity index (χ4v) is 2.38. The molecule has 0 heterocycles. The molecule has 0 aromatic heterocycles. The first-order valence-corrected chi connectivity index (χ1v) is 6.85. The molecule has 4 nitrogen and oxygen atoms in total. The minimum absolute atomic E-state index is 0.178. The molecule has 2 aromatic rings. The normalized spacial score (nSPS) is 13.5. The standard InChI is InChI=1S/C17H21NO3/c1-20-14-8-13(9-15(10-14)21-2)17(19)16(11-18)12-6-4-3-5-7-12/h3-10,16-17,19H,11,18H2,1-2H3. The largest absolute Gasteiger partial charge is 0.497 e. The Morgan fingerprint density at radius 3 is 2.00 bits per heavy atom. The van der Waals surface area contributed by atoms with Crippen LogP contribution in [0, 0.1) is 0 Å². The summed E-state index contributed by atoms with van der Waals surface area (Å²) >= 11 is 0. The minimum atomic E-state index is -0.721. The third-order valence-electron chi connectivity index (χ3n) is 3.58. The van der Waals surface area contributed by atoms with Crippen molar-refractivity contribution < 1.29 is 14.6 Å². The van der Waals surface area contributed by atoms with Crippen molar-refractivity contribution in [2.75, 3.05) is 20.8 Å². The molecule has 2 aromatic carbocycles. The van der Waals surface area contributed by atoms with Crippen molar-refractivity contribution in [1.82, 2.24) is 0 Å². The summed E-state index contributed by atoms with van der Waals surface area (Å²) in [4.78, 5) is 0. The second-order valence-corrected chi connectivity index (χ2v) is 4.84. The topological polar surface area (TPSA) is 64.7 Å². The number of nitrogens with two attached hydrogens (primary N) is 1. The van der Waals surface area contributed by atoms with Crippen molar-refractivity contribution in [3.63, 3.8) is 0 Å². The molecule has 2 unspecified atom stereocenters. The van der Waals surface area contributed by atoms with Gasteiger partial charge >= 0.3 is 0 Å². The predicted molar refractivity (Wildman–Crippen MR) is 82.7 cm³/mol. The van der Waals surface area contributed by atoms with Gasteiger partial charge in [-0.25, -0.2) is 0 Å². The summed E-state index contributed by atoms with van der Waals surface area (Å²) in [6.45, 7) is 0.352. The van der Waals surface area contributed by atoms with Crippen LogP contribution in [-0.2, 0) is 0 Å². The second-order valence-electron chi connectivity index (χ2n) is 4.84. The molecule has 21 heavy (non-hydrogen) atoms. The molecule has 0 saturated carbocycles. The molecule has 0 aliphatic carbocycles. The maximum Gasteiger partial charge on any atom is 0.122 e. The number of aliphatic hydroxyl groups excluding tert-OH is 1. The highest BCUT2D eigenvalue weighted by Crippen LogP contribution is 2.34. The van der Waals surface area contributed by atoms with Crippen molar-refractivity contribution >= 4 is 0 Å². The summed E-state index contributed by atoms with van der Waals surface area (Å²) < 4.78 is 10.5. The molecule has 4 heteroatoms. The van der Waals surface area contributed by atoms with Gasteiger partial charge in [-0.15, -0.1) is 0 Å². The van der Waals surface area contributed by atoms with Crippen LogP contribution in [0.15, 0.2) is 48.5 Å². The van der Waals surface area contributed by atoms with E-state index in [0.717, 1.165) is 11.1 Å². The number of aliphatic hydroxyl groups is 1. The van der Waals surface area contributed by atoms with Crippen LogP contribution in [-0.4, -0.2) is 25.9 Å². The van der Waals surface area contributed by atoms with Gasteiger partial charge in [0.2, 0.25) is 0 Å². The highest BCUT2D eigenvalue weighted by molar-refractivity contribution is 5.40. The van der Waals surface area contributed by atoms with Crippen molar-refractivity contribution in [2.24, 2.45) is 5.73 Å². The quantitative estimate of drug-likeness (QED) is 0.856. The maximum atomic E-state index is 10.7. The van der Waals surface area contributed by atoms with E-state index in [1.54, 1.807) is 32.4 Å². The number of hydrogen-bond acceptors (Lipinski definition) is 4. The van der Waals surface area contributed by atoms with E-state index in [-0.39, 0.29) is 5.92 Å². The first-order chi connectivity index (χ1) is 10.2. The van der Waals surface area contributed by atoms with Gasteiger partial charge in [0.05, 0.1) is 20.3 Å². The van der Waals surface area contributed by atoms with E-state index in [1.165, 1.54) is 0 Å². The van der Waals surface area contributed by atoms with Crippen LogP contribution in [0.5, 0.6) is 11.5 Å². The molecule has 0 spiro atoms. The lowest BCUT2D eigenvalue weighted by atomic mass is 9.89. The zero-order valence-corrected chi connectivity index (χ0v) is 12.3. The van der Waals surface area contributed by atoms with Gasteiger partial charge in [-0.2, -0.15) is 0 Å². The summed E-state index contributed by atoms with van der Waals surface area (Å²) in [6.07, 6.45) is -0.721. The molecular weight excluding hydrogens is 266 g/mol. The monoisotopic (exact) mass is 287 g/mol. The lowest BCUT2D eigenvalue weighted by molar-refractivity contribution is 0.146. The minimum Gasteiger partial charge on any atom is -0.497 e. The molecular formula is C17H21NO3. The molecule has 2 rings (SSSR count). The maximum absolute atomic E-state index is 10.7. The van der Waals surface area contributed by atoms with Crippen molar-refractivity contribution in [3.05, 3.63) is 59.7 Å². The average molecular weight is 287 g/mol. The van der Waals surface area contributed by atoms with Crippen molar-refractivity contribution in [3.8, 4) is 11.5 Å². The fourth-order valence-electron chi connectivity index (χ4n) is 2.38. The molecule has 0 aliphatic heterocycles. The van der Waals surface area contributed by atoms with Gasteiger partial charge in [0.15, 0.2) is 0 Å². The van der Waals surface area contributed by atoms with E-state index < -0.39 is 6.10 Å². The van der Waals surface area contributed by atoms with Crippen molar-refractivity contribution in [1.29, 1.82) is 0 Å². The predicted octanol–water partition coefficient (Wildman–Crippen LogP) is 2.48. The SMILES string of the molecule is COc1cc(OC)cc(C(O)C(CN)c2ccccc2)c1. The molecule has 0 amide bonds. The third-order valence-corrected chi connectivity index (χ3v) is 3.58. The van der Waals surface area contributed by atoms with Crippen LogP contribution in [0.3, 0.4) is 0 Å². The summed E-state index contributed by atoms with van der Waals surface area (Å²) in [5.41, 5.74) is 7.60. The van der Waals surface area contributed by atoms with E-state index in [1.807, 2.05) is 30.3 Å². The Kier molecular flexibility index (Phi) is 5.20. The Labute approximate surface area is 125 Å². The zero-order chi connectivity index (χ0) is 15.2. The number of methoxy groups -OCH3 is 2. The summed E-state index contributed by atoms with van der Waals surface area (Å²) in [5, 5.41) is 10.7. The number of rotatable bonds is 6. The lowest BCUT2D eigenvalue weighted by Gasteiger charge is -2.23. The molecule has 2 atom stereocenters. The highest BCUT2D eigenvalue weighted by atomic mass is 16.5. The van der Waals surface area contributed by atoms with Gasteiger partial charge in [-0.3, -0.25) is 0 Å². The molecule has 3 N–H and O–H groups in total. The Morgan fingerprint density at radius 1 is 0.952 bits per heavy atom. The first kappa shape index (κ1) is 15.4. The molecule has 0 saturated heterocycles. The van der Waals surface area contributed by atoms with Gasteiger partial charge in [-0.1, -0.05) is 30.3 Å². The fraction of sp³-hybridized carbons (Fsp3) is 0.294. The van der Waals surface area contributed by atoms with Gasteiger partial charge in [0.1, 0.15) is 11.5 Å². The van der Waals surface area contributed by atoms with Gasteiger partial charge in [0.25, 0.3) is 0 Å². The van der Waals surface area contributed by atoms with E-state index in [2.05, 4.69) is 0 Å². The number of benzene rings is 2. The number of hydrogen-bond donors (Lipinski definition) is 2. The Bertz CT molecular complexity index is 549. The van der Waals surface area contributed by atoms with Crippen LogP contribution in [0.1, 0.15) is 23.1 Å². The lowest BCUT2D eigenvalue weighted by Crippen LogP contribution is -2.20. The Balaban J connectivity index is 2.35. The molecule has 0 bridgehead atoms. The summed E-state index contributed by atoms with van der Waals surface area (Å²) in [7, 11) is 3.17. The Morgan fingerprint density at radius 2 is 1.52 bits per heavy atom. The van der Waals surface area contributed by atoms with Crippen LogP contribution >= 0.6 is 0 Å². The average Bonchev–Trinajstić information content (AvgIpc) is 2.55. The third kappa shape index (κ3) is 3.54. The summed E-state index contributed by atoms with van der Waals surface area (Å²) in [6, 6.07) is 15.1.